The number of benzene rings is 1. The van der Waals surface area contributed by atoms with E-state index >= 15 is 0 Å². The molecule has 1 aromatic rings. The van der Waals surface area contributed by atoms with Crippen LogP contribution in [0.1, 0.15) is 32.3 Å². The van der Waals surface area contributed by atoms with E-state index < -0.39 is 0 Å². The molecule has 0 unspecified atom stereocenters. The highest BCUT2D eigenvalue weighted by molar-refractivity contribution is 5.90. The molecule has 16 heavy (non-hydrogen) atoms. The van der Waals surface area contributed by atoms with Gasteiger partial charge in [0.05, 0.1) is 0 Å². The number of anilines is 1. The lowest BCUT2D eigenvalue weighted by Crippen LogP contribution is -2.09. The molecular weight excluding hydrogens is 198 g/mol. The van der Waals surface area contributed by atoms with Gasteiger partial charge >= 0.3 is 0 Å². The van der Waals surface area contributed by atoms with Crippen molar-refractivity contribution in [2.24, 2.45) is 0 Å². The molecule has 1 aromatic carbocycles. The highest BCUT2D eigenvalue weighted by Gasteiger charge is 1.99. The minimum atomic E-state index is 0.0607. The van der Waals surface area contributed by atoms with Gasteiger partial charge in [-0.1, -0.05) is 31.2 Å². The van der Waals surface area contributed by atoms with Crippen LogP contribution >= 0.6 is 0 Å². The zero-order valence-corrected chi connectivity index (χ0v) is 9.99. The van der Waals surface area contributed by atoms with Crippen molar-refractivity contribution in [1.29, 1.82) is 0 Å². The van der Waals surface area contributed by atoms with E-state index in [2.05, 4.69) is 23.5 Å². The van der Waals surface area contributed by atoms with Gasteiger partial charge in [0.15, 0.2) is 0 Å². The summed E-state index contributed by atoms with van der Waals surface area (Å²) in [6.45, 7) is 3.88. The highest BCUT2D eigenvalue weighted by Crippen LogP contribution is 2.12. The molecule has 2 nitrogen and oxygen atoms in total. The second-order valence-electron chi connectivity index (χ2n) is 3.71. The summed E-state index contributed by atoms with van der Waals surface area (Å²) in [4.78, 5) is 11.2. The molecule has 0 aliphatic carbocycles. The first-order valence-corrected chi connectivity index (χ1v) is 5.76. The molecule has 0 aliphatic heterocycles. The molecule has 0 saturated heterocycles. The van der Waals surface area contributed by atoms with Crippen molar-refractivity contribution in [1.82, 2.24) is 0 Å². The molecule has 0 atom stereocenters. The van der Waals surface area contributed by atoms with Gasteiger partial charge in [0, 0.05) is 12.1 Å². The summed E-state index contributed by atoms with van der Waals surface area (Å²) in [5.74, 6) is 0.0607. The summed E-state index contributed by atoms with van der Waals surface area (Å²) in [6.07, 6.45) is 6.78. The topological polar surface area (TPSA) is 29.1 Å². The zero-order chi connectivity index (χ0) is 11.8. The number of aryl methyl sites for hydroxylation is 1. The Kier molecular flexibility index (Phi) is 5.34. The van der Waals surface area contributed by atoms with Gasteiger partial charge in [0.1, 0.15) is 0 Å². The van der Waals surface area contributed by atoms with Crippen LogP contribution in [0.2, 0.25) is 0 Å². The number of carbonyl (C=O) groups excluding carboxylic acids is 1. The second kappa shape index (κ2) is 6.83. The monoisotopic (exact) mass is 217 g/mol. The van der Waals surface area contributed by atoms with Crippen LogP contribution in [-0.2, 0) is 11.2 Å². The third-order valence-corrected chi connectivity index (χ3v) is 2.37. The number of carbonyl (C=O) groups is 1. The largest absolute Gasteiger partial charge is 0.326 e. The minimum absolute atomic E-state index is 0.0607. The maximum absolute atomic E-state index is 11.2. The van der Waals surface area contributed by atoms with Crippen molar-refractivity contribution in [3.05, 3.63) is 42.0 Å². The maximum atomic E-state index is 11.2. The van der Waals surface area contributed by atoms with E-state index in [-0.39, 0.29) is 5.91 Å². The molecule has 0 aliphatic rings. The number of amides is 1. The summed E-state index contributed by atoms with van der Waals surface area (Å²) < 4.78 is 0. The smallest absolute Gasteiger partial charge is 0.224 e. The standard InChI is InChI=1S/C14H19NO/c1-3-5-6-8-12-9-7-10-13(11-12)15-14(16)4-2/h3,5,7,9-11H,4,6,8H2,1-2H3,(H,15,16). The van der Waals surface area contributed by atoms with E-state index in [4.69, 9.17) is 0 Å². The molecule has 0 fully saturated rings. The predicted molar refractivity (Wildman–Crippen MR) is 68.5 cm³/mol. The summed E-state index contributed by atoms with van der Waals surface area (Å²) in [5.41, 5.74) is 2.15. The summed E-state index contributed by atoms with van der Waals surface area (Å²) in [7, 11) is 0. The Bertz CT molecular complexity index is 369. The average molecular weight is 217 g/mol. The van der Waals surface area contributed by atoms with E-state index in [0.717, 1.165) is 18.5 Å². The van der Waals surface area contributed by atoms with Gasteiger partial charge < -0.3 is 5.32 Å². The van der Waals surface area contributed by atoms with Gasteiger partial charge in [0.2, 0.25) is 5.91 Å². The highest BCUT2D eigenvalue weighted by atomic mass is 16.1. The first-order valence-electron chi connectivity index (χ1n) is 5.76. The fourth-order valence-corrected chi connectivity index (χ4v) is 1.47. The lowest BCUT2D eigenvalue weighted by atomic mass is 10.1. The first kappa shape index (κ1) is 12.5. The normalized spacial score (nSPS) is 10.6. The Labute approximate surface area is 97.4 Å². The van der Waals surface area contributed by atoms with Crippen molar-refractivity contribution in [3.8, 4) is 0 Å². The van der Waals surface area contributed by atoms with Crippen LogP contribution in [0.3, 0.4) is 0 Å². The van der Waals surface area contributed by atoms with E-state index in [1.807, 2.05) is 32.0 Å². The Morgan fingerprint density at radius 1 is 1.44 bits per heavy atom. The van der Waals surface area contributed by atoms with Crippen LogP contribution in [0, 0.1) is 0 Å². The number of hydrogen-bond acceptors (Lipinski definition) is 1. The van der Waals surface area contributed by atoms with Crippen LogP contribution in [0.25, 0.3) is 0 Å². The molecule has 0 heterocycles. The summed E-state index contributed by atoms with van der Waals surface area (Å²) >= 11 is 0. The SMILES string of the molecule is CC=CCCc1cccc(NC(=O)CC)c1. The van der Waals surface area contributed by atoms with Gasteiger partial charge in [-0.3, -0.25) is 4.79 Å². The molecule has 0 radical (unpaired) electrons. The fourth-order valence-electron chi connectivity index (χ4n) is 1.47. The molecule has 0 bridgehead atoms. The van der Waals surface area contributed by atoms with Gasteiger partial charge in [-0.05, 0) is 37.5 Å². The summed E-state index contributed by atoms with van der Waals surface area (Å²) in [5, 5.41) is 2.87. The molecule has 0 saturated carbocycles. The van der Waals surface area contributed by atoms with Crippen molar-refractivity contribution in [3.63, 3.8) is 0 Å². The van der Waals surface area contributed by atoms with Crippen LogP contribution in [-0.4, -0.2) is 5.91 Å². The molecule has 0 spiro atoms. The number of allylic oxidation sites excluding steroid dienone is 2. The van der Waals surface area contributed by atoms with Crippen molar-refractivity contribution in [2.45, 2.75) is 33.1 Å². The molecule has 1 amide bonds. The van der Waals surface area contributed by atoms with E-state index in [1.165, 1.54) is 5.56 Å². The molecule has 2 heteroatoms. The van der Waals surface area contributed by atoms with E-state index in [9.17, 15) is 4.79 Å². The van der Waals surface area contributed by atoms with Crippen LogP contribution in [0.5, 0.6) is 0 Å². The maximum Gasteiger partial charge on any atom is 0.224 e. The third-order valence-electron chi connectivity index (χ3n) is 2.37. The molecule has 1 rings (SSSR count). The summed E-state index contributed by atoms with van der Waals surface area (Å²) in [6, 6.07) is 8.03. The zero-order valence-electron chi connectivity index (χ0n) is 9.99. The quantitative estimate of drug-likeness (QED) is 0.751. The lowest BCUT2D eigenvalue weighted by Gasteiger charge is -2.05. The van der Waals surface area contributed by atoms with Gasteiger partial charge in [-0.2, -0.15) is 0 Å². The Morgan fingerprint density at radius 2 is 2.25 bits per heavy atom. The minimum Gasteiger partial charge on any atom is -0.326 e. The number of nitrogens with one attached hydrogen (secondary N) is 1. The van der Waals surface area contributed by atoms with Crippen molar-refractivity contribution in [2.75, 3.05) is 5.32 Å². The van der Waals surface area contributed by atoms with Crippen LogP contribution in [0.15, 0.2) is 36.4 Å². The predicted octanol–water partition coefficient (Wildman–Crippen LogP) is 3.54. The fraction of sp³-hybridized carbons (Fsp3) is 0.357. The molecule has 1 N–H and O–H groups in total. The third kappa shape index (κ3) is 4.30. The van der Waals surface area contributed by atoms with Gasteiger partial charge in [-0.25, -0.2) is 0 Å². The van der Waals surface area contributed by atoms with Crippen molar-refractivity contribution >= 4 is 11.6 Å². The molecular formula is C14H19NO. The second-order valence-corrected chi connectivity index (χ2v) is 3.71. The van der Waals surface area contributed by atoms with Crippen LogP contribution < -0.4 is 5.32 Å². The van der Waals surface area contributed by atoms with Crippen molar-refractivity contribution < 1.29 is 4.79 Å². The van der Waals surface area contributed by atoms with Crippen LogP contribution in [0.4, 0.5) is 5.69 Å². The Hall–Kier alpha value is -1.57. The van der Waals surface area contributed by atoms with E-state index in [0.29, 0.717) is 6.42 Å². The Morgan fingerprint density at radius 3 is 2.94 bits per heavy atom. The van der Waals surface area contributed by atoms with E-state index in [1.54, 1.807) is 0 Å². The Balaban J connectivity index is 2.60. The number of rotatable bonds is 5. The molecule has 86 valence electrons. The first-order chi connectivity index (χ1) is 7.76. The molecule has 0 aromatic heterocycles. The van der Waals surface area contributed by atoms with Gasteiger partial charge in [-0.15, -0.1) is 0 Å². The average Bonchev–Trinajstić information content (AvgIpc) is 2.30. The van der Waals surface area contributed by atoms with Gasteiger partial charge in [0.25, 0.3) is 0 Å². The number of hydrogen-bond donors (Lipinski definition) is 1. The lowest BCUT2D eigenvalue weighted by molar-refractivity contribution is -0.115.